The minimum atomic E-state index is -2.22. The molecule has 2 heterocycles. The SMILES string of the molecule is Fc1c(F)c(F)c(/C=C/c2ccc(-c3ccc(-c4ccc(-c5ccc(/C=C/c6c(F)c(F)c(F)c(F)c6F)cc5)s4)s3)cc2)c(F)c1F. The van der Waals surface area contributed by atoms with Crippen molar-refractivity contribution in [3.8, 4) is 30.6 Å². The molecule has 0 fully saturated rings. The van der Waals surface area contributed by atoms with Crippen molar-refractivity contribution in [3.63, 3.8) is 0 Å². The molecule has 0 nitrogen and oxygen atoms in total. The maximum atomic E-state index is 14.0. The van der Waals surface area contributed by atoms with Crippen LogP contribution in [0.5, 0.6) is 0 Å². The Bertz CT molecular complexity index is 2010. The number of halogens is 10. The summed E-state index contributed by atoms with van der Waals surface area (Å²) in [5, 5.41) is 0. The van der Waals surface area contributed by atoms with Crippen LogP contribution < -0.4 is 0 Å². The van der Waals surface area contributed by atoms with Crippen molar-refractivity contribution in [1.82, 2.24) is 0 Å². The Kier molecular flexibility index (Phi) is 9.13. The van der Waals surface area contributed by atoms with Gasteiger partial charge in [-0.05, 0) is 58.7 Å². The van der Waals surface area contributed by atoms with Crippen molar-refractivity contribution < 1.29 is 43.9 Å². The first-order valence-electron chi connectivity index (χ1n) is 13.7. The van der Waals surface area contributed by atoms with E-state index in [1.54, 1.807) is 48.5 Å². The Hall–Kier alpha value is -4.94. The van der Waals surface area contributed by atoms with Gasteiger partial charge >= 0.3 is 0 Å². The van der Waals surface area contributed by atoms with Gasteiger partial charge in [-0.2, -0.15) is 0 Å². The summed E-state index contributed by atoms with van der Waals surface area (Å²) in [6.07, 6.45) is 4.14. The van der Waals surface area contributed by atoms with Crippen molar-refractivity contribution >= 4 is 47.0 Å². The Morgan fingerprint density at radius 3 is 0.875 bits per heavy atom. The fourth-order valence-electron chi connectivity index (χ4n) is 4.66. The molecule has 0 aliphatic carbocycles. The zero-order valence-electron chi connectivity index (χ0n) is 23.8. The Morgan fingerprint density at radius 1 is 0.292 bits per heavy atom. The quantitative estimate of drug-likeness (QED) is 0.0672. The number of benzene rings is 4. The molecule has 0 bridgehead atoms. The summed E-state index contributed by atoms with van der Waals surface area (Å²) in [5.41, 5.74) is 0.555. The van der Waals surface area contributed by atoms with Gasteiger partial charge in [-0.3, -0.25) is 0 Å². The predicted octanol–water partition coefficient (Wildman–Crippen LogP) is 12.5. The Morgan fingerprint density at radius 2 is 0.562 bits per heavy atom. The van der Waals surface area contributed by atoms with Crippen LogP contribution in [-0.2, 0) is 0 Å². The van der Waals surface area contributed by atoms with Crippen LogP contribution in [0.3, 0.4) is 0 Å². The Balaban J connectivity index is 1.15. The third-order valence-electron chi connectivity index (χ3n) is 7.22. The van der Waals surface area contributed by atoms with Crippen molar-refractivity contribution in [2.45, 2.75) is 0 Å². The molecular formula is C36H16F10S2. The lowest BCUT2D eigenvalue weighted by molar-refractivity contribution is 0.377. The van der Waals surface area contributed by atoms with Gasteiger partial charge in [0, 0.05) is 19.5 Å². The molecule has 0 unspecified atom stereocenters. The summed E-state index contributed by atoms with van der Waals surface area (Å²) in [7, 11) is 0. The summed E-state index contributed by atoms with van der Waals surface area (Å²) in [6.45, 7) is 0. The molecule has 48 heavy (non-hydrogen) atoms. The van der Waals surface area contributed by atoms with E-state index in [-0.39, 0.29) is 0 Å². The van der Waals surface area contributed by atoms with Crippen molar-refractivity contribution in [2.24, 2.45) is 0 Å². The fourth-order valence-corrected chi connectivity index (χ4v) is 6.78. The van der Waals surface area contributed by atoms with E-state index in [2.05, 4.69) is 0 Å². The molecule has 6 rings (SSSR count). The summed E-state index contributed by atoms with van der Waals surface area (Å²) in [5.74, 6) is -20.2. The number of rotatable bonds is 7. The van der Waals surface area contributed by atoms with Crippen LogP contribution in [0.25, 0.3) is 54.9 Å². The number of hydrogen-bond acceptors (Lipinski definition) is 2. The first-order chi connectivity index (χ1) is 22.9. The average molecular weight is 703 g/mol. The van der Waals surface area contributed by atoms with E-state index in [0.29, 0.717) is 11.1 Å². The maximum absolute atomic E-state index is 14.0. The summed E-state index contributed by atoms with van der Waals surface area (Å²) in [4.78, 5) is 3.78. The van der Waals surface area contributed by atoms with E-state index in [0.717, 1.165) is 42.8 Å². The van der Waals surface area contributed by atoms with Gasteiger partial charge in [-0.15, -0.1) is 22.7 Å². The molecule has 0 saturated heterocycles. The second-order valence-electron chi connectivity index (χ2n) is 10.2. The molecule has 0 aliphatic heterocycles. The molecule has 0 aliphatic rings. The van der Waals surface area contributed by atoms with E-state index in [1.807, 2.05) is 24.3 Å². The zero-order chi connectivity index (χ0) is 34.3. The molecule has 2 aromatic heterocycles. The minimum Gasteiger partial charge on any atom is -0.203 e. The second kappa shape index (κ2) is 13.3. The minimum absolute atomic E-state index is 0.474. The average Bonchev–Trinajstić information content (AvgIpc) is 3.80. The van der Waals surface area contributed by atoms with Crippen LogP contribution in [-0.4, -0.2) is 0 Å². The molecule has 0 N–H and O–H groups in total. The van der Waals surface area contributed by atoms with Crippen molar-refractivity contribution in [1.29, 1.82) is 0 Å². The van der Waals surface area contributed by atoms with E-state index < -0.39 is 69.3 Å². The number of thiophene rings is 2. The standard InChI is InChI=1S/C36H16F10S2/c37-27-21(28(38)32(42)35(45)31(27)41)11-5-17-1-7-19(8-2-17)23-13-15-25(47-23)26-16-14-24(48-26)20-9-3-18(4-10-20)6-12-22-29(39)33(43)36(46)34(44)30(22)40/h1-16H/b11-5+,12-6+. The van der Waals surface area contributed by atoms with Gasteiger partial charge in [0.1, 0.15) is 0 Å². The highest BCUT2D eigenvalue weighted by molar-refractivity contribution is 7.25. The van der Waals surface area contributed by atoms with Crippen LogP contribution in [0.15, 0.2) is 72.8 Å². The molecular weight excluding hydrogens is 687 g/mol. The molecule has 0 radical (unpaired) electrons. The molecule has 0 amide bonds. The van der Waals surface area contributed by atoms with Gasteiger partial charge in [0.05, 0.1) is 11.1 Å². The fraction of sp³-hybridized carbons (Fsp3) is 0. The van der Waals surface area contributed by atoms with E-state index >= 15 is 0 Å². The topological polar surface area (TPSA) is 0 Å². The molecule has 242 valence electrons. The van der Waals surface area contributed by atoms with Crippen LogP contribution in [0.4, 0.5) is 43.9 Å². The first-order valence-corrected chi connectivity index (χ1v) is 15.4. The lowest BCUT2D eigenvalue weighted by Gasteiger charge is -2.04. The Labute approximate surface area is 274 Å². The van der Waals surface area contributed by atoms with Crippen molar-refractivity contribution in [3.05, 3.63) is 153 Å². The second-order valence-corrected chi connectivity index (χ2v) is 12.4. The molecule has 0 saturated carbocycles. The highest BCUT2D eigenvalue weighted by atomic mass is 32.1. The van der Waals surface area contributed by atoms with Crippen LogP contribution in [0, 0.1) is 58.2 Å². The van der Waals surface area contributed by atoms with Gasteiger partial charge < -0.3 is 0 Å². The van der Waals surface area contributed by atoms with Crippen LogP contribution in [0.2, 0.25) is 0 Å². The highest BCUT2D eigenvalue weighted by Crippen LogP contribution is 2.40. The highest BCUT2D eigenvalue weighted by Gasteiger charge is 2.25. The summed E-state index contributed by atoms with van der Waals surface area (Å²) >= 11 is 3.02. The molecule has 6 aromatic rings. The lowest BCUT2D eigenvalue weighted by Crippen LogP contribution is -2.03. The van der Waals surface area contributed by atoms with Crippen molar-refractivity contribution in [2.75, 3.05) is 0 Å². The summed E-state index contributed by atoms with van der Waals surface area (Å²) in [6, 6.07) is 21.3. The van der Waals surface area contributed by atoms with E-state index in [4.69, 9.17) is 0 Å². The molecule has 12 heteroatoms. The largest absolute Gasteiger partial charge is 0.203 e. The first kappa shape index (κ1) is 33.0. The summed E-state index contributed by atoms with van der Waals surface area (Å²) < 4.78 is 136. The normalized spacial score (nSPS) is 11.8. The van der Waals surface area contributed by atoms with E-state index in [9.17, 15) is 43.9 Å². The smallest absolute Gasteiger partial charge is 0.200 e. The van der Waals surface area contributed by atoms with Crippen LogP contribution >= 0.6 is 22.7 Å². The van der Waals surface area contributed by atoms with E-state index in [1.165, 1.54) is 34.8 Å². The van der Waals surface area contributed by atoms with Crippen LogP contribution in [0.1, 0.15) is 22.3 Å². The third-order valence-corrected chi connectivity index (χ3v) is 9.68. The predicted molar refractivity (Wildman–Crippen MR) is 169 cm³/mol. The molecule has 0 atom stereocenters. The van der Waals surface area contributed by atoms with Gasteiger partial charge in [0.2, 0.25) is 11.6 Å². The third kappa shape index (κ3) is 6.20. The van der Waals surface area contributed by atoms with Gasteiger partial charge in [0.25, 0.3) is 0 Å². The lowest BCUT2D eigenvalue weighted by atomic mass is 10.1. The monoisotopic (exact) mass is 702 g/mol. The van der Waals surface area contributed by atoms with Gasteiger partial charge in [0.15, 0.2) is 46.5 Å². The maximum Gasteiger partial charge on any atom is 0.200 e. The number of hydrogen-bond donors (Lipinski definition) is 0. The zero-order valence-corrected chi connectivity index (χ0v) is 25.5. The van der Waals surface area contributed by atoms with Gasteiger partial charge in [-0.25, -0.2) is 43.9 Å². The van der Waals surface area contributed by atoms with Gasteiger partial charge in [-0.1, -0.05) is 60.7 Å². The molecule has 4 aromatic carbocycles. The molecule has 0 spiro atoms.